The van der Waals surface area contributed by atoms with Crippen LogP contribution in [0.1, 0.15) is 28.0 Å². The van der Waals surface area contributed by atoms with Crippen molar-refractivity contribution in [2.75, 3.05) is 21.9 Å². The molecule has 3 aromatic rings. The van der Waals surface area contributed by atoms with Crippen molar-refractivity contribution >= 4 is 38.2 Å². The summed E-state index contributed by atoms with van der Waals surface area (Å²) >= 11 is 0. The molecule has 0 unspecified atom stereocenters. The van der Waals surface area contributed by atoms with E-state index in [0.717, 1.165) is 22.0 Å². The number of benzene rings is 2. The summed E-state index contributed by atoms with van der Waals surface area (Å²) in [7, 11) is -1.31. The molecule has 0 atom stereocenters. The number of anilines is 2. The molecule has 1 N–H and O–H groups in total. The van der Waals surface area contributed by atoms with Crippen molar-refractivity contribution in [3.63, 3.8) is 0 Å². The van der Waals surface area contributed by atoms with E-state index in [9.17, 15) is 13.2 Å². The van der Waals surface area contributed by atoms with Gasteiger partial charge in [0.25, 0.3) is 5.91 Å². The zero-order chi connectivity index (χ0) is 20.1. The first-order valence-electron chi connectivity index (χ1n) is 9.25. The molecular formula is C21H23N3O3S. The Labute approximate surface area is 164 Å². The highest BCUT2D eigenvalue weighted by atomic mass is 32.2. The molecule has 0 spiro atoms. The van der Waals surface area contributed by atoms with Gasteiger partial charge in [-0.1, -0.05) is 12.1 Å². The van der Waals surface area contributed by atoms with Gasteiger partial charge in [-0.05, 0) is 61.7 Å². The van der Waals surface area contributed by atoms with Gasteiger partial charge in [-0.15, -0.1) is 0 Å². The van der Waals surface area contributed by atoms with Crippen LogP contribution in [0.25, 0.3) is 10.9 Å². The summed E-state index contributed by atoms with van der Waals surface area (Å²) in [4.78, 5) is 12.8. The summed E-state index contributed by atoms with van der Waals surface area (Å²) in [5.41, 5.74) is 5.15. The lowest BCUT2D eigenvalue weighted by atomic mass is 10.1. The van der Waals surface area contributed by atoms with Crippen molar-refractivity contribution < 1.29 is 13.2 Å². The minimum absolute atomic E-state index is 0.186. The van der Waals surface area contributed by atoms with E-state index in [4.69, 9.17) is 0 Å². The summed E-state index contributed by atoms with van der Waals surface area (Å²) < 4.78 is 27.4. The predicted octanol–water partition coefficient (Wildman–Crippen LogP) is 3.59. The zero-order valence-electron chi connectivity index (χ0n) is 16.2. The molecule has 7 heteroatoms. The third-order valence-corrected chi connectivity index (χ3v) is 7.23. The Morgan fingerprint density at radius 3 is 2.32 bits per heavy atom. The topological polar surface area (TPSA) is 71.4 Å². The van der Waals surface area contributed by atoms with Gasteiger partial charge in [-0.3, -0.25) is 9.10 Å². The fraction of sp³-hybridized carbons (Fsp3) is 0.286. The number of rotatable bonds is 3. The second-order valence-electron chi connectivity index (χ2n) is 7.29. The zero-order valence-corrected chi connectivity index (χ0v) is 17.0. The van der Waals surface area contributed by atoms with Gasteiger partial charge in [0.15, 0.2) is 0 Å². The molecule has 6 nitrogen and oxygen atoms in total. The smallest absolute Gasteiger partial charge is 0.272 e. The van der Waals surface area contributed by atoms with Crippen LogP contribution in [-0.2, 0) is 17.1 Å². The number of sulfonamides is 1. The minimum atomic E-state index is -3.21. The molecule has 1 aliphatic heterocycles. The predicted molar refractivity (Wildman–Crippen MR) is 113 cm³/mol. The lowest BCUT2D eigenvalue weighted by molar-refractivity contribution is 0.101. The quantitative estimate of drug-likeness (QED) is 0.734. The number of nitrogens with one attached hydrogen (secondary N) is 1. The van der Waals surface area contributed by atoms with Crippen molar-refractivity contribution in [1.82, 2.24) is 4.57 Å². The minimum Gasteiger partial charge on any atom is -0.339 e. The van der Waals surface area contributed by atoms with Crippen LogP contribution >= 0.6 is 0 Å². The van der Waals surface area contributed by atoms with Crippen LogP contribution in [0, 0.1) is 13.8 Å². The normalized spacial score (nSPS) is 15.9. The van der Waals surface area contributed by atoms with Crippen LogP contribution in [0.4, 0.5) is 11.4 Å². The summed E-state index contributed by atoms with van der Waals surface area (Å²) in [6.07, 6.45) is 0.640. The highest BCUT2D eigenvalue weighted by molar-refractivity contribution is 7.93. The van der Waals surface area contributed by atoms with Crippen molar-refractivity contribution in [2.45, 2.75) is 20.3 Å². The molecule has 0 aliphatic carbocycles. The third kappa shape index (κ3) is 3.05. The fourth-order valence-corrected chi connectivity index (χ4v) is 5.42. The van der Waals surface area contributed by atoms with Gasteiger partial charge < -0.3 is 9.88 Å². The van der Waals surface area contributed by atoms with Crippen LogP contribution in [0.15, 0.2) is 42.5 Å². The largest absolute Gasteiger partial charge is 0.339 e. The highest BCUT2D eigenvalue weighted by Crippen LogP contribution is 2.27. The maximum atomic E-state index is 12.8. The molecule has 2 aromatic carbocycles. The van der Waals surface area contributed by atoms with E-state index >= 15 is 0 Å². The Bertz CT molecular complexity index is 1180. The molecule has 28 heavy (non-hydrogen) atoms. The van der Waals surface area contributed by atoms with E-state index in [2.05, 4.69) is 17.4 Å². The summed E-state index contributed by atoms with van der Waals surface area (Å²) in [6.45, 7) is 4.58. The molecule has 4 rings (SSSR count). The van der Waals surface area contributed by atoms with E-state index in [1.54, 1.807) is 24.3 Å². The van der Waals surface area contributed by atoms with E-state index in [0.29, 0.717) is 30.0 Å². The first kappa shape index (κ1) is 18.6. The molecule has 0 radical (unpaired) electrons. The first-order valence-corrected chi connectivity index (χ1v) is 10.9. The molecule has 0 bridgehead atoms. The van der Waals surface area contributed by atoms with Crippen LogP contribution in [0.5, 0.6) is 0 Å². The summed E-state index contributed by atoms with van der Waals surface area (Å²) in [6, 6.07) is 13.0. The van der Waals surface area contributed by atoms with E-state index in [1.165, 1.54) is 4.31 Å². The van der Waals surface area contributed by atoms with Gasteiger partial charge in [0.2, 0.25) is 10.0 Å². The lowest BCUT2D eigenvalue weighted by Crippen LogP contribution is -2.25. The van der Waals surface area contributed by atoms with Crippen molar-refractivity contribution in [3.8, 4) is 0 Å². The number of aromatic nitrogens is 1. The molecule has 1 aliphatic rings. The van der Waals surface area contributed by atoms with Gasteiger partial charge in [-0.25, -0.2) is 8.42 Å². The summed E-state index contributed by atoms with van der Waals surface area (Å²) in [5, 5.41) is 3.98. The molecule has 1 fully saturated rings. The third-order valence-electron chi connectivity index (χ3n) is 5.36. The Morgan fingerprint density at radius 1 is 1.04 bits per heavy atom. The first-order chi connectivity index (χ1) is 13.3. The Kier molecular flexibility index (Phi) is 4.42. The van der Waals surface area contributed by atoms with Crippen molar-refractivity contribution in [1.29, 1.82) is 0 Å². The number of hydrogen-bond acceptors (Lipinski definition) is 3. The number of carbonyl (C=O) groups excluding carboxylic acids is 1. The van der Waals surface area contributed by atoms with Gasteiger partial charge in [0.1, 0.15) is 5.69 Å². The Morgan fingerprint density at radius 2 is 1.71 bits per heavy atom. The van der Waals surface area contributed by atoms with E-state index < -0.39 is 10.0 Å². The molecule has 2 heterocycles. The van der Waals surface area contributed by atoms with Gasteiger partial charge in [0, 0.05) is 24.7 Å². The Balaban J connectivity index is 1.59. The average molecular weight is 398 g/mol. The monoisotopic (exact) mass is 397 g/mol. The average Bonchev–Trinajstić information content (AvgIpc) is 3.19. The number of nitrogens with zero attached hydrogens (tertiary/aromatic N) is 2. The van der Waals surface area contributed by atoms with Crippen LogP contribution in [-0.4, -0.2) is 31.2 Å². The van der Waals surface area contributed by atoms with E-state index in [-0.39, 0.29) is 11.7 Å². The SMILES string of the molecule is Cc1ccc(C)c2c1cc(C(=O)Nc1ccc(N3CCCS3(=O)=O)cc1)n2C. The second-order valence-corrected chi connectivity index (χ2v) is 9.31. The van der Waals surface area contributed by atoms with Gasteiger partial charge in [-0.2, -0.15) is 0 Å². The van der Waals surface area contributed by atoms with Crippen molar-refractivity contribution in [2.24, 2.45) is 7.05 Å². The molecular weight excluding hydrogens is 374 g/mol. The summed E-state index contributed by atoms with van der Waals surface area (Å²) in [5.74, 6) is -0.00945. The molecule has 1 aromatic heterocycles. The standard InChI is InChI=1S/C21H23N3O3S/c1-14-5-6-15(2)20-18(14)13-19(23(20)3)21(25)22-16-7-9-17(10-8-16)24-11-4-12-28(24,26)27/h5-10,13H,4,11-12H2,1-3H3,(H,22,25). The molecule has 1 amide bonds. The highest BCUT2D eigenvalue weighted by Gasteiger charge is 2.28. The number of carbonyl (C=O) groups is 1. The maximum Gasteiger partial charge on any atom is 0.272 e. The van der Waals surface area contributed by atoms with Gasteiger partial charge in [0.05, 0.1) is 17.0 Å². The number of amides is 1. The number of fused-ring (bicyclic) bond motifs is 1. The fourth-order valence-electron chi connectivity index (χ4n) is 3.85. The molecule has 0 saturated carbocycles. The van der Waals surface area contributed by atoms with E-state index in [1.807, 2.05) is 31.5 Å². The Hall–Kier alpha value is -2.80. The van der Waals surface area contributed by atoms with Crippen LogP contribution in [0.2, 0.25) is 0 Å². The van der Waals surface area contributed by atoms with Gasteiger partial charge >= 0.3 is 0 Å². The number of hydrogen-bond donors (Lipinski definition) is 1. The van der Waals surface area contributed by atoms with Crippen LogP contribution in [0.3, 0.4) is 0 Å². The molecule has 146 valence electrons. The lowest BCUT2D eigenvalue weighted by Gasteiger charge is -2.17. The van der Waals surface area contributed by atoms with Crippen molar-refractivity contribution in [3.05, 3.63) is 59.3 Å². The number of aryl methyl sites for hydroxylation is 3. The maximum absolute atomic E-state index is 12.8. The van der Waals surface area contributed by atoms with Crippen LogP contribution < -0.4 is 9.62 Å². The molecule has 1 saturated heterocycles. The second kappa shape index (κ2) is 6.67.